The number of para-hydroxylation sites is 1. The zero-order chi connectivity index (χ0) is 21.2. The fourth-order valence-electron chi connectivity index (χ4n) is 2.49. The summed E-state index contributed by atoms with van der Waals surface area (Å²) in [5.41, 5.74) is -1.94. The predicted octanol–water partition coefficient (Wildman–Crippen LogP) is 5.04. The van der Waals surface area contributed by atoms with Gasteiger partial charge in [-0.15, -0.1) is 13.2 Å². The number of hydrogen-bond acceptors (Lipinski definition) is 3. The molecule has 0 atom stereocenters. The van der Waals surface area contributed by atoms with Crippen LogP contribution in [0.15, 0.2) is 60.8 Å². The molecular formula is C18H11F6N3O2. The highest BCUT2D eigenvalue weighted by Crippen LogP contribution is 2.34. The highest BCUT2D eigenvalue weighted by Gasteiger charge is 2.40. The number of halogens is 6. The number of rotatable bonds is 4. The van der Waals surface area contributed by atoms with E-state index in [1.807, 2.05) is 0 Å². The van der Waals surface area contributed by atoms with Gasteiger partial charge < -0.3 is 10.1 Å². The molecule has 5 nitrogen and oxygen atoms in total. The van der Waals surface area contributed by atoms with Gasteiger partial charge in [0.1, 0.15) is 5.75 Å². The van der Waals surface area contributed by atoms with Gasteiger partial charge in [0.25, 0.3) is 5.91 Å². The summed E-state index contributed by atoms with van der Waals surface area (Å²) in [6.45, 7) is 0. The first kappa shape index (κ1) is 20.2. The Kier molecular flexibility index (Phi) is 5.23. The van der Waals surface area contributed by atoms with Crippen molar-refractivity contribution in [1.82, 2.24) is 9.78 Å². The Balaban J connectivity index is 1.87. The largest absolute Gasteiger partial charge is 0.573 e. The van der Waals surface area contributed by atoms with E-state index in [0.717, 1.165) is 30.5 Å². The van der Waals surface area contributed by atoms with E-state index in [-0.39, 0.29) is 11.4 Å². The lowest BCUT2D eigenvalue weighted by Gasteiger charge is -2.13. The molecule has 0 unspecified atom stereocenters. The quantitative estimate of drug-likeness (QED) is 0.608. The Morgan fingerprint density at radius 2 is 1.55 bits per heavy atom. The van der Waals surface area contributed by atoms with Gasteiger partial charge in [-0.3, -0.25) is 4.79 Å². The zero-order valence-electron chi connectivity index (χ0n) is 14.3. The van der Waals surface area contributed by atoms with E-state index in [1.54, 1.807) is 6.07 Å². The van der Waals surface area contributed by atoms with E-state index < -0.39 is 35.5 Å². The van der Waals surface area contributed by atoms with Gasteiger partial charge in [-0.05, 0) is 36.4 Å². The van der Waals surface area contributed by atoms with Crippen molar-refractivity contribution in [2.24, 2.45) is 0 Å². The molecule has 1 heterocycles. The Bertz CT molecular complexity index is 995. The minimum absolute atomic E-state index is 0.0230. The lowest BCUT2D eigenvalue weighted by atomic mass is 10.2. The Hall–Kier alpha value is -3.50. The van der Waals surface area contributed by atoms with Crippen molar-refractivity contribution in [3.05, 3.63) is 72.1 Å². The number of carbonyl (C=O) groups excluding carboxylic acids is 1. The first-order valence-corrected chi connectivity index (χ1v) is 7.92. The van der Waals surface area contributed by atoms with Gasteiger partial charge in [-0.2, -0.15) is 18.3 Å². The summed E-state index contributed by atoms with van der Waals surface area (Å²) < 4.78 is 81.5. The van der Waals surface area contributed by atoms with Crippen molar-refractivity contribution in [3.63, 3.8) is 0 Å². The van der Waals surface area contributed by atoms with E-state index >= 15 is 0 Å². The van der Waals surface area contributed by atoms with Crippen LogP contribution in [0.2, 0.25) is 0 Å². The molecule has 1 aromatic heterocycles. The van der Waals surface area contributed by atoms with Crippen LogP contribution in [-0.2, 0) is 6.18 Å². The molecule has 11 heteroatoms. The highest BCUT2D eigenvalue weighted by molar-refractivity contribution is 6.05. The lowest BCUT2D eigenvalue weighted by Crippen LogP contribution is -2.20. The topological polar surface area (TPSA) is 56.1 Å². The van der Waals surface area contributed by atoms with Crippen LogP contribution in [0.25, 0.3) is 5.69 Å². The maximum absolute atomic E-state index is 13.6. The standard InChI is InChI=1S/C18H11F6N3O2/c19-17(20,21)15-14(10-25-27(15)12-4-2-1-3-5-12)16(28)26-11-6-8-13(9-7-11)29-18(22,23)24/h1-10H,(H,26,28). The average molecular weight is 415 g/mol. The summed E-state index contributed by atoms with van der Waals surface area (Å²) in [4.78, 5) is 12.4. The molecule has 152 valence electrons. The van der Waals surface area contributed by atoms with E-state index in [9.17, 15) is 31.1 Å². The Morgan fingerprint density at radius 3 is 2.10 bits per heavy atom. The third kappa shape index (κ3) is 4.86. The first-order valence-electron chi connectivity index (χ1n) is 7.92. The Morgan fingerprint density at radius 1 is 0.931 bits per heavy atom. The van der Waals surface area contributed by atoms with Crippen molar-refractivity contribution >= 4 is 11.6 Å². The molecule has 0 bridgehead atoms. The first-order chi connectivity index (χ1) is 13.5. The number of aromatic nitrogens is 2. The molecule has 2 aromatic carbocycles. The maximum atomic E-state index is 13.6. The fraction of sp³-hybridized carbons (Fsp3) is 0.111. The van der Waals surface area contributed by atoms with Gasteiger partial charge in [0.05, 0.1) is 17.4 Å². The second kappa shape index (κ2) is 7.49. The van der Waals surface area contributed by atoms with Crippen LogP contribution < -0.4 is 10.1 Å². The van der Waals surface area contributed by atoms with Gasteiger partial charge in [0.2, 0.25) is 0 Å². The van der Waals surface area contributed by atoms with Crippen molar-refractivity contribution in [3.8, 4) is 11.4 Å². The van der Waals surface area contributed by atoms with Gasteiger partial charge in [0.15, 0.2) is 5.69 Å². The monoisotopic (exact) mass is 415 g/mol. The summed E-state index contributed by atoms with van der Waals surface area (Å²) >= 11 is 0. The van der Waals surface area contributed by atoms with E-state index in [4.69, 9.17) is 0 Å². The van der Waals surface area contributed by atoms with Gasteiger partial charge in [0, 0.05) is 5.69 Å². The maximum Gasteiger partial charge on any atom is 0.573 e. The van der Waals surface area contributed by atoms with E-state index in [0.29, 0.717) is 4.68 Å². The third-order valence-corrected chi connectivity index (χ3v) is 3.63. The number of hydrogen-bond donors (Lipinski definition) is 1. The minimum Gasteiger partial charge on any atom is -0.406 e. The predicted molar refractivity (Wildman–Crippen MR) is 89.6 cm³/mol. The van der Waals surface area contributed by atoms with Crippen molar-refractivity contribution in [2.45, 2.75) is 12.5 Å². The molecule has 0 aliphatic heterocycles. The third-order valence-electron chi connectivity index (χ3n) is 3.63. The van der Waals surface area contributed by atoms with E-state index in [2.05, 4.69) is 15.2 Å². The second-order valence-corrected chi connectivity index (χ2v) is 5.68. The molecule has 29 heavy (non-hydrogen) atoms. The number of benzene rings is 2. The molecule has 0 radical (unpaired) electrons. The SMILES string of the molecule is O=C(Nc1ccc(OC(F)(F)F)cc1)c1cnn(-c2ccccc2)c1C(F)(F)F. The van der Waals surface area contributed by atoms with Crippen LogP contribution >= 0.6 is 0 Å². The van der Waals surface area contributed by atoms with Gasteiger partial charge in [-0.25, -0.2) is 4.68 Å². The summed E-state index contributed by atoms with van der Waals surface area (Å²) in [7, 11) is 0. The molecule has 0 spiro atoms. The second-order valence-electron chi connectivity index (χ2n) is 5.68. The molecular weight excluding hydrogens is 404 g/mol. The van der Waals surface area contributed by atoms with Crippen LogP contribution in [0.4, 0.5) is 32.0 Å². The Labute approximate surface area is 159 Å². The minimum atomic E-state index is -4.89. The molecule has 0 aliphatic rings. The molecule has 1 amide bonds. The number of alkyl halides is 6. The lowest BCUT2D eigenvalue weighted by molar-refractivity contribution is -0.274. The fourth-order valence-corrected chi connectivity index (χ4v) is 2.49. The van der Waals surface area contributed by atoms with Crippen LogP contribution in [0.3, 0.4) is 0 Å². The molecule has 0 aliphatic carbocycles. The molecule has 0 saturated heterocycles. The van der Waals surface area contributed by atoms with Crippen molar-refractivity contribution < 1.29 is 35.9 Å². The van der Waals surface area contributed by atoms with Crippen molar-refractivity contribution in [1.29, 1.82) is 0 Å². The number of anilines is 1. The van der Waals surface area contributed by atoms with Gasteiger partial charge in [-0.1, -0.05) is 18.2 Å². The van der Waals surface area contributed by atoms with E-state index in [1.165, 1.54) is 24.3 Å². The molecule has 0 fully saturated rings. The summed E-state index contributed by atoms with van der Waals surface area (Å²) in [5, 5.41) is 5.86. The highest BCUT2D eigenvalue weighted by atomic mass is 19.4. The zero-order valence-corrected chi connectivity index (χ0v) is 14.3. The number of nitrogens with one attached hydrogen (secondary N) is 1. The molecule has 3 aromatic rings. The van der Waals surface area contributed by atoms with Crippen LogP contribution in [0, 0.1) is 0 Å². The normalized spacial score (nSPS) is 11.9. The summed E-state index contributed by atoms with van der Waals surface area (Å²) in [5.74, 6) is -1.66. The van der Waals surface area contributed by atoms with Crippen LogP contribution in [-0.4, -0.2) is 22.1 Å². The molecule has 0 saturated carbocycles. The smallest absolute Gasteiger partial charge is 0.406 e. The number of amides is 1. The van der Waals surface area contributed by atoms with Crippen LogP contribution in [0.1, 0.15) is 16.1 Å². The number of nitrogens with zero attached hydrogens (tertiary/aromatic N) is 2. The summed E-state index contributed by atoms with van der Waals surface area (Å²) in [6.07, 6.45) is -9.01. The van der Waals surface area contributed by atoms with Crippen molar-refractivity contribution in [2.75, 3.05) is 5.32 Å². The average Bonchev–Trinajstić information content (AvgIpc) is 3.09. The summed E-state index contributed by atoms with van der Waals surface area (Å²) in [6, 6.07) is 11.4. The van der Waals surface area contributed by atoms with Gasteiger partial charge >= 0.3 is 12.5 Å². The number of ether oxygens (including phenoxy) is 1. The number of carbonyl (C=O) groups is 1. The molecule has 1 N–H and O–H groups in total. The molecule has 3 rings (SSSR count). The van der Waals surface area contributed by atoms with Crippen LogP contribution in [0.5, 0.6) is 5.75 Å².